The van der Waals surface area contributed by atoms with Gasteiger partial charge in [0.05, 0.1) is 11.0 Å². The first-order valence-electron chi connectivity index (χ1n) is 6.58. The van der Waals surface area contributed by atoms with E-state index in [1.54, 1.807) is 0 Å². The number of benzene rings is 1. The average molecular weight is 277 g/mol. The number of rotatable bonds is 5. The number of carbonyl (C=O) groups excluding carboxylic acids is 1. The van der Waals surface area contributed by atoms with Gasteiger partial charge in [0, 0.05) is 19.5 Å². The zero-order chi connectivity index (χ0) is 13.8. The Labute approximate surface area is 117 Å². The SMILES string of the molecule is CCCNC(=O)CCn1c(=S)[nH]c2cccc(C)c21. The maximum atomic E-state index is 11.7. The van der Waals surface area contributed by atoms with Gasteiger partial charge >= 0.3 is 0 Å². The van der Waals surface area contributed by atoms with Gasteiger partial charge in [-0.2, -0.15) is 0 Å². The number of nitrogens with zero attached hydrogens (tertiary/aromatic N) is 1. The molecule has 0 aliphatic heterocycles. The number of aromatic nitrogens is 2. The number of H-pyrrole nitrogens is 1. The van der Waals surface area contributed by atoms with Crippen LogP contribution in [0.5, 0.6) is 0 Å². The van der Waals surface area contributed by atoms with Crippen LogP contribution in [0.15, 0.2) is 18.2 Å². The third-order valence-electron chi connectivity index (χ3n) is 3.13. The number of para-hydroxylation sites is 1. The summed E-state index contributed by atoms with van der Waals surface area (Å²) in [5, 5.41) is 2.88. The van der Waals surface area contributed by atoms with Crippen molar-refractivity contribution < 1.29 is 4.79 Å². The second-order valence-electron chi connectivity index (χ2n) is 4.65. The van der Waals surface area contributed by atoms with Crippen LogP contribution < -0.4 is 5.32 Å². The number of imidazole rings is 1. The van der Waals surface area contributed by atoms with Gasteiger partial charge in [-0.15, -0.1) is 0 Å². The van der Waals surface area contributed by atoms with Crippen LogP contribution in [0.1, 0.15) is 25.3 Å². The molecule has 1 aromatic carbocycles. The molecule has 1 aromatic heterocycles. The van der Waals surface area contributed by atoms with Crippen molar-refractivity contribution in [3.8, 4) is 0 Å². The first-order chi connectivity index (χ1) is 9.13. The lowest BCUT2D eigenvalue weighted by Crippen LogP contribution is -2.25. The van der Waals surface area contributed by atoms with Gasteiger partial charge in [0.2, 0.25) is 5.91 Å². The minimum absolute atomic E-state index is 0.0756. The van der Waals surface area contributed by atoms with E-state index in [0.29, 0.717) is 17.7 Å². The Morgan fingerprint density at radius 2 is 2.26 bits per heavy atom. The van der Waals surface area contributed by atoms with Crippen LogP contribution in [-0.4, -0.2) is 22.0 Å². The highest BCUT2D eigenvalue weighted by Crippen LogP contribution is 2.18. The minimum atomic E-state index is 0.0756. The topological polar surface area (TPSA) is 49.8 Å². The highest BCUT2D eigenvalue weighted by atomic mass is 32.1. The van der Waals surface area contributed by atoms with Crippen molar-refractivity contribution in [3.05, 3.63) is 28.5 Å². The summed E-state index contributed by atoms with van der Waals surface area (Å²) < 4.78 is 2.68. The third kappa shape index (κ3) is 3.04. The Bertz CT molecular complexity index is 642. The van der Waals surface area contributed by atoms with Gasteiger partial charge < -0.3 is 14.9 Å². The molecule has 5 heteroatoms. The molecule has 2 rings (SSSR count). The summed E-state index contributed by atoms with van der Waals surface area (Å²) in [5.41, 5.74) is 3.29. The van der Waals surface area contributed by atoms with Crippen LogP contribution in [0.3, 0.4) is 0 Å². The van der Waals surface area contributed by atoms with Crippen LogP contribution >= 0.6 is 12.2 Å². The maximum absolute atomic E-state index is 11.7. The molecular formula is C14H19N3OS. The van der Waals surface area contributed by atoms with Crippen molar-refractivity contribution in [2.24, 2.45) is 0 Å². The van der Waals surface area contributed by atoms with Crippen molar-refractivity contribution in [3.63, 3.8) is 0 Å². The quantitative estimate of drug-likeness (QED) is 0.826. The predicted molar refractivity (Wildman–Crippen MR) is 79.8 cm³/mol. The number of aryl methyl sites for hydroxylation is 2. The van der Waals surface area contributed by atoms with E-state index in [-0.39, 0.29) is 5.91 Å². The Morgan fingerprint density at radius 3 is 3.00 bits per heavy atom. The fourth-order valence-electron chi connectivity index (χ4n) is 2.18. The van der Waals surface area contributed by atoms with Gasteiger partial charge in [0.15, 0.2) is 4.77 Å². The average Bonchev–Trinajstić information content (AvgIpc) is 2.71. The number of aromatic amines is 1. The summed E-state index contributed by atoms with van der Waals surface area (Å²) in [4.78, 5) is 14.8. The Kier molecular flexibility index (Phi) is 4.37. The number of amides is 1. The third-order valence-corrected chi connectivity index (χ3v) is 3.45. The van der Waals surface area contributed by atoms with Gasteiger partial charge in [-0.05, 0) is 37.2 Å². The highest BCUT2D eigenvalue weighted by Gasteiger charge is 2.08. The summed E-state index contributed by atoms with van der Waals surface area (Å²) in [6.45, 7) is 5.44. The Morgan fingerprint density at radius 1 is 1.47 bits per heavy atom. The van der Waals surface area contributed by atoms with Gasteiger partial charge in [0.25, 0.3) is 0 Å². The van der Waals surface area contributed by atoms with E-state index in [1.807, 2.05) is 23.6 Å². The number of carbonyl (C=O) groups is 1. The van der Waals surface area contributed by atoms with Gasteiger partial charge in [-0.25, -0.2) is 0 Å². The molecule has 0 bridgehead atoms. The van der Waals surface area contributed by atoms with Crippen LogP contribution in [0.25, 0.3) is 11.0 Å². The molecule has 0 saturated carbocycles. The molecule has 0 unspecified atom stereocenters. The highest BCUT2D eigenvalue weighted by molar-refractivity contribution is 7.71. The number of nitrogens with one attached hydrogen (secondary N) is 2. The standard InChI is InChI=1S/C14H19N3OS/c1-3-8-15-12(18)7-9-17-13-10(2)5-4-6-11(13)16-14(17)19/h4-6H,3,7-9H2,1-2H3,(H,15,18)(H,16,19). The molecule has 102 valence electrons. The zero-order valence-electron chi connectivity index (χ0n) is 11.3. The summed E-state index contributed by atoms with van der Waals surface area (Å²) in [6.07, 6.45) is 1.41. The number of hydrogen-bond donors (Lipinski definition) is 2. The van der Waals surface area contributed by atoms with Gasteiger partial charge in [-0.3, -0.25) is 4.79 Å². The van der Waals surface area contributed by atoms with Crippen LogP contribution in [0, 0.1) is 11.7 Å². The molecule has 0 aliphatic carbocycles. The Balaban J connectivity index is 2.19. The van der Waals surface area contributed by atoms with Crippen LogP contribution in [0.2, 0.25) is 0 Å². The van der Waals surface area contributed by atoms with Crippen molar-refractivity contribution >= 4 is 29.2 Å². The molecule has 0 aliphatic rings. The second-order valence-corrected chi connectivity index (χ2v) is 5.04. The maximum Gasteiger partial charge on any atom is 0.221 e. The fourth-order valence-corrected chi connectivity index (χ4v) is 2.47. The normalized spacial score (nSPS) is 10.8. The van der Waals surface area contributed by atoms with E-state index in [4.69, 9.17) is 12.2 Å². The number of hydrogen-bond acceptors (Lipinski definition) is 2. The molecule has 0 saturated heterocycles. The smallest absolute Gasteiger partial charge is 0.221 e. The molecule has 0 fully saturated rings. The lowest BCUT2D eigenvalue weighted by molar-refractivity contribution is -0.121. The van der Waals surface area contributed by atoms with Crippen molar-refractivity contribution in [1.82, 2.24) is 14.9 Å². The monoisotopic (exact) mass is 277 g/mol. The fraction of sp³-hybridized carbons (Fsp3) is 0.429. The lowest BCUT2D eigenvalue weighted by Gasteiger charge is -2.07. The largest absolute Gasteiger partial charge is 0.356 e. The van der Waals surface area contributed by atoms with E-state index >= 15 is 0 Å². The zero-order valence-corrected chi connectivity index (χ0v) is 12.1. The minimum Gasteiger partial charge on any atom is -0.356 e. The van der Waals surface area contributed by atoms with Crippen LogP contribution in [-0.2, 0) is 11.3 Å². The molecule has 1 heterocycles. The molecule has 2 aromatic rings. The second kappa shape index (κ2) is 6.02. The van der Waals surface area contributed by atoms with Crippen LogP contribution in [0.4, 0.5) is 0 Å². The molecule has 0 spiro atoms. The summed E-state index contributed by atoms with van der Waals surface area (Å²) >= 11 is 5.33. The van der Waals surface area contributed by atoms with E-state index in [0.717, 1.165) is 24.0 Å². The van der Waals surface area contributed by atoms with Gasteiger partial charge in [0.1, 0.15) is 0 Å². The van der Waals surface area contributed by atoms with Gasteiger partial charge in [-0.1, -0.05) is 19.1 Å². The molecular weight excluding hydrogens is 258 g/mol. The first kappa shape index (κ1) is 13.8. The van der Waals surface area contributed by atoms with E-state index in [1.165, 1.54) is 5.56 Å². The first-order valence-corrected chi connectivity index (χ1v) is 6.99. The molecule has 0 radical (unpaired) electrons. The lowest BCUT2D eigenvalue weighted by atomic mass is 10.2. The van der Waals surface area contributed by atoms with E-state index in [9.17, 15) is 4.79 Å². The predicted octanol–water partition coefficient (Wildman–Crippen LogP) is 2.92. The van der Waals surface area contributed by atoms with Crippen molar-refractivity contribution in [2.45, 2.75) is 33.2 Å². The summed E-state index contributed by atoms with van der Waals surface area (Å²) in [6, 6.07) is 6.06. The molecule has 2 N–H and O–H groups in total. The van der Waals surface area contributed by atoms with E-state index in [2.05, 4.69) is 23.3 Å². The molecule has 1 amide bonds. The molecule has 19 heavy (non-hydrogen) atoms. The summed E-state index contributed by atoms with van der Waals surface area (Å²) in [7, 11) is 0. The van der Waals surface area contributed by atoms with E-state index < -0.39 is 0 Å². The molecule has 4 nitrogen and oxygen atoms in total. The number of fused-ring (bicyclic) bond motifs is 1. The molecule has 0 atom stereocenters. The van der Waals surface area contributed by atoms with Crippen molar-refractivity contribution in [2.75, 3.05) is 6.54 Å². The summed E-state index contributed by atoms with van der Waals surface area (Å²) in [5.74, 6) is 0.0756. The Hall–Kier alpha value is -1.62. The van der Waals surface area contributed by atoms with Crippen molar-refractivity contribution in [1.29, 1.82) is 0 Å².